The summed E-state index contributed by atoms with van der Waals surface area (Å²) in [4.78, 5) is 1.13. The first-order valence-corrected chi connectivity index (χ1v) is 4.27. The minimum atomic E-state index is -4.20. The molecular weight excluding hydrogens is 197 g/mol. The van der Waals surface area contributed by atoms with E-state index in [1.54, 1.807) is 14.0 Å². The van der Waals surface area contributed by atoms with Crippen LogP contribution in [0.1, 0.15) is 6.92 Å². The summed E-state index contributed by atoms with van der Waals surface area (Å²) in [5.41, 5.74) is -0.694. The zero-order chi connectivity index (χ0) is 11.4. The number of likely N-dealkylation sites (N-methyl/N-ethyl adjacent to an activating group) is 2. The minimum absolute atomic E-state index is 0.138. The summed E-state index contributed by atoms with van der Waals surface area (Å²) in [6, 6.07) is 0. The van der Waals surface area contributed by atoms with Gasteiger partial charge in [0.1, 0.15) is 0 Å². The number of nitrogens with zero attached hydrogens (tertiary/aromatic N) is 1. The molecule has 1 unspecified atom stereocenters. The average Bonchev–Trinajstić information content (AvgIpc) is 2.00. The standard InChI is InChI=1S/C8H17F3N2O/c1-7(6-14,12-2)4-13(3)5-8(9,10)11/h12,14H,4-6H2,1-3H3. The lowest BCUT2D eigenvalue weighted by Gasteiger charge is -2.32. The summed E-state index contributed by atoms with van der Waals surface area (Å²) in [7, 11) is 2.98. The number of nitrogens with one attached hydrogen (secondary N) is 1. The van der Waals surface area contributed by atoms with E-state index < -0.39 is 18.3 Å². The quantitative estimate of drug-likeness (QED) is 0.697. The van der Waals surface area contributed by atoms with Gasteiger partial charge in [-0.15, -0.1) is 0 Å². The summed E-state index contributed by atoms with van der Waals surface area (Å²) in [6.07, 6.45) is -4.20. The molecule has 0 aromatic rings. The van der Waals surface area contributed by atoms with Crippen LogP contribution >= 0.6 is 0 Å². The van der Waals surface area contributed by atoms with Crippen molar-refractivity contribution in [3.8, 4) is 0 Å². The van der Waals surface area contributed by atoms with Crippen LogP contribution < -0.4 is 5.32 Å². The Morgan fingerprint density at radius 1 is 1.29 bits per heavy atom. The third kappa shape index (κ3) is 5.41. The summed E-state index contributed by atoms with van der Waals surface area (Å²) in [6.45, 7) is 0.634. The zero-order valence-corrected chi connectivity index (χ0v) is 8.65. The second kappa shape index (κ2) is 4.95. The van der Waals surface area contributed by atoms with Crippen LogP contribution in [0.15, 0.2) is 0 Å². The van der Waals surface area contributed by atoms with E-state index >= 15 is 0 Å². The van der Waals surface area contributed by atoms with Crippen LogP contribution in [0.25, 0.3) is 0 Å². The Kier molecular flexibility index (Phi) is 4.83. The van der Waals surface area contributed by atoms with Gasteiger partial charge in [-0.1, -0.05) is 0 Å². The molecule has 14 heavy (non-hydrogen) atoms. The Hall–Kier alpha value is -0.330. The third-order valence-electron chi connectivity index (χ3n) is 2.02. The number of halogens is 3. The summed E-state index contributed by atoms with van der Waals surface area (Å²) >= 11 is 0. The van der Waals surface area contributed by atoms with E-state index in [-0.39, 0.29) is 13.2 Å². The van der Waals surface area contributed by atoms with Gasteiger partial charge in [0, 0.05) is 6.54 Å². The van der Waals surface area contributed by atoms with Crippen LogP contribution in [0, 0.1) is 0 Å². The Labute approximate surface area is 81.9 Å². The van der Waals surface area contributed by atoms with E-state index in [4.69, 9.17) is 5.11 Å². The maximum Gasteiger partial charge on any atom is 0.401 e. The summed E-state index contributed by atoms with van der Waals surface area (Å²) in [5.74, 6) is 0. The molecule has 0 radical (unpaired) electrons. The Morgan fingerprint density at radius 2 is 1.79 bits per heavy atom. The van der Waals surface area contributed by atoms with Crippen LogP contribution in [0.4, 0.5) is 13.2 Å². The van der Waals surface area contributed by atoms with Crippen molar-refractivity contribution in [2.24, 2.45) is 0 Å². The fraction of sp³-hybridized carbons (Fsp3) is 1.00. The first-order chi connectivity index (χ1) is 6.22. The van der Waals surface area contributed by atoms with Gasteiger partial charge >= 0.3 is 6.18 Å². The maximum atomic E-state index is 12.0. The number of hydrogen-bond acceptors (Lipinski definition) is 3. The molecule has 0 saturated carbocycles. The summed E-state index contributed by atoms with van der Waals surface area (Å²) in [5, 5.41) is 11.7. The van der Waals surface area contributed by atoms with Gasteiger partial charge in [0.05, 0.1) is 18.7 Å². The molecule has 2 N–H and O–H groups in total. The van der Waals surface area contributed by atoms with Crippen molar-refractivity contribution in [1.29, 1.82) is 0 Å². The molecule has 0 aromatic heterocycles. The second-order valence-electron chi connectivity index (χ2n) is 3.76. The molecule has 0 aliphatic rings. The third-order valence-corrected chi connectivity index (χ3v) is 2.02. The van der Waals surface area contributed by atoms with E-state index in [1.807, 2.05) is 0 Å². The van der Waals surface area contributed by atoms with Crippen LogP contribution in [-0.2, 0) is 0 Å². The topological polar surface area (TPSA) is 35.5 Å². The monoisotopic (exact) mass is 214 g/mol. The van der Waals surface area contributed by atoms with Crippen LogP contribution in [0.2, 0.25) is 0 Å². The van der Waals surface area contributed by atoms with Crippen LogP contribution in [0.5, 0.6) is 0 Å². The predicted octanol–water partition coefficient (Wildman–Crippen LogP) is 0.451. The molecule has 6 heteroatoms. The van der Waals surface area contributed by atoms with E-state index in [9.17, 15) is 13.2 Å². The maximum absolute atomic E-state index is 12.0. The molecule has 0 heterocycles. The van der Waals surface area contributed by atoms with Crippen LogP contribution in [0.3, 0.4) is 0 Å². The van der Waals surface area contributed by atoms with E-state index in [0.717, 1.165) is 4.90 Å². The van der Waals surface area contributed by atoms with Gasteiger partial charge in [-0.2, -0.15) is 13.2 Å². The summed E-state index contributed by atoms with van der Waals surface area (Å²) < 4.78 is 35.9. The number of aliphatic hydroxyl groups excluding tert-OH is 1. The Bertz CT molecular complexity index is 168. The van der Waals surface area contributed by atoms with Crippen molar-refractivity contribution in [2.75, 3.05) is 33.8 Å². The highest BCUT2D eigenvalue weighted by atomic mass is 19.4. The molecule has 0 aliphatic carbocycles. The first kappa shape index (κ1) is 13.7. The second-order valence-corrected chi connectivity index (χ2v) is 3.76. The lowest BCUT2D eigenvalue weighted by Crippen LogP contribution is -2.53. The van der Waals surface area contributed by atoms with Gasteiger partial charge in [-0.05, 0) is 21.0 Å². The highest BCUT2D eigenvalue weighted by Gasteiger charge is 2.32. The molecule has 0 aromatic carbocycles. The van der Waals surface area contributed by atoms with Gasteiger partial charge in [-0.3, -0.25) is 4.90 Å². The minimum Gasteiger partial charge on any atom is -0.394 e. The number of rotatable bonds is 5. The van der Waals surface area contributed by atoms with Crippen molar-refractivity contribution in [2.45, 2.75) is 18.6 Å². The van der Waals surface area contributed by atoms with Gasteiger partial charge in [0.2, 0.25) is 0 Å². The lowest BCUT2D eigenvalue weighted by atomic mass is 10.0. The van der Waals surface area contributed by atoms with Crippen molar-refractivity contribution in [3.05, 3.63) is 0 Å². The Balaban J connectivity index is 4.10. The zero-order valence-electron chi connectivity index (χ0n) is 8.65. The van der Waals surface area contributed by atoms with Crippen molar-refractivity contribution >= 4 is 0 Å². The lowest BCUT2D eigenvalue weighted by molar-refractivity contribution is -0.145. The predicted molar refractivity (Wildman–Crippen MR) is 48.1 cm³/mol. The van der Waals surface area contributed by atoms with Crippen molar-refractivity contribution in [3.63, 3.8) is 0 Å². The Morgan fingerprint density at radius 3 is 2.07 bits per heavy atom. The van der Waals surface area contributed by atoms with E-state index in [0.29, 0.717) is 0 Å². The molecule has 3 nitrogen and oxygen atoms in total. The van der Waals surface area contributed by atoms with Crippen molar-refractivity contribution < 1.29 is 18.3 Å². The van der Waals surface area contributed by atoms with Crippen molar-refractivity contribution in [1.82, 2.24) is 10.2 Å². The number of hydrogen-bond donors (Lipinski definition) is 2. The van der Waals surface area contributed by atoms with Gasteiger partial charge < -0.3 is 10.4 Å². The van der Waals surface area contributed by atoms with Gasteiger partial charge in [0.25, 0.3) is 0 Å². The van der Waals surface area contributed by atoms with Gasteiger partial charge in [-0.25, -0.2) is 0 Å². The molecule has 86 valence electrons. The fourth-order valence-electron chi connectivity index (χ4n) is 1.17. The van der Waals surface area contributed by atoms with Crippen LogP contribution in [-0.4, -0.2) is 55.5 Å². The van der Waals surface area contributed by atoms with E-state index in [1.165, 1.54) is 7.05 Å². The smallest absolute Gasteiger partial charge is 0.394 e. The molecular formula is C8H17F3N2O. The average molecular weight is 214 g/mol. The molecule has 0 rings (SSSR count). The number of aliphatic hydroxyl groups is 1. The normalized spacial score (nSPS) is 17.1. The molecule has 0 amide bonds. The van der Waals surface area contributed by atoms with Gasteiger partial charge in [0.15, 0.2) is 0 Å². The fourth-order valence-corrected chi connectivity index (χ4v) is 1.17. The number of alkyl halides is 3. The largest absolute Gasteiger partial charge is 0.401 e. The SMILES string of the molecule is CNC(C)(CO)CN(C)CC(F)(F)F. The highest BCUT2D eigenvalue weighted by molar-refractivity contribution is 4.84. The first-order valence-electron chi connectivity index (χ1n) is 4.27. The molecule has 0 bridgehead atoms. The molecule has 0 spiro atoms. The molecule has 0 aliphatic heterocycles. The highest BCUT2D eigenvalue weighted by Crippen LogP contribution is 2.16. The van der Waals surface area contributed by atoms with E-state index in [2.05, 4.69) is 5.32 Å². The molecule has 0 fully saturated rings. The molecule has 1 atom stereocenters. The molecule has 0 saturated heterocycles.